The summed E-state index contributed by atoms with van der Waals surface area (Å²) in [6.45, 7) is 4.49. The maximum absolute atomic E-state index is 11.9. The van der Waals surface area contributed by atoms with Crippen molar-refractivity contribution in [2.75, 3.05) is 26.2 Å². The van der Waals surface area contributed by atoms with E-state index in [-0.39, 0.29) is 6.09 Å². The molecule has 2 aliphatic rings. The molecule has 0 saturated carbocycles. The predicted molar refractivity (Wildman–Crippen MR) is 89.7 cm³/mol. The molecule has 0 spiro atoms. The van der Waals surface area contributed by atoms with Crippen LogP contribution in [0.4, 0.5) is 4.79 Å². The zero-order chi connectivity index (χ0) is 15.9. The van der Waals surface area contributed by atoms with Gasteiger partial charge < -0.3 is 10.1 Å². The molecule has 5 heteroatoms. The number of hydrogen-bond acceptors (Lipinski definition) is 4. The van der Waals surface area contributed by atoms with E-state index in [9.17, 15) is 4.79 Å². The van der Waals surface area contributed by atoms with Crippen molar-refractivity contribution in [2.45, 2.75) is 32.3 Å². The van der Waals surface area contributed by atoms with Crippen molar-refractivity contribution < 1.29 is 9.53 Å². The molecule has 1 amide bonds. The van der Waals surface area contributed by atoms with Gasteiger partial charge in [-0.3, -0.25) is 5.43 Å². The summed E-state index contributed by atoms with van der Waals surface area (Å²) in [5.74, 6) is 1.68. The lowest BCUT2D eigenvalue weighted by Crippen LogP contribution is -2.48. The van der Waals surface area contributed by atoms with Crippen LogP contribution in [0.1, 0.15) is 31.2 Å². The van der Waals surface area contributed by atoms with Gasteiger partial charge in [0.2, 0.25) is 0 Å². The maximum atomic E-state index is 11.9. The van der Waals surface area contributed by atoms with Crippen molar-refractivity contribution in [3.63, 3.8) is 0 Å². The molecule has 2 fully saturated rings. The number of nitrogens with zero attached hydrogens (tertiary/aromatic N) is 1. The van der Waals surface area contributed by atoms with Crippen molar-refractivity contribution in [1.82, 2.24) is 15.8 Å². The Kier molecular flexibility index (Phi) is 5.88. The first-order valence-electron chi connectivity index (χ1n) is 8.74. The molecule has 2 aliphatic heterocycles. The number of benzene rings is 1. The van der Waals surface area contributed by atoms with Gasteiger partial charge in [-0.05, 0) is 56.2 Å². The van der Waals surface area contributed by atoms with Gasteiger partial charge >= 0.3 is 6.09 Å². The van der Waals surface area contributed by atoms with Crippen LogP contribution in [0, 0.1) is 11.8 Å². The summed E-state index contributed by atoms with van der Waals surface area (Å²) in [5.41, 5.74) is 3.88. The normalized spacial score (nSPS) is 21.0. The first-order valence-corrected chi connectivity index (χ1v) is 8.74. The summed E-state index contributed by atoms with van der Waals surface area (Å²) in [6, 6.07) is 9.76. The Morgan fingerprint density at radius 2 is 1.74 bits per heavy atom. The quantitative estimate of drug-likeness (QED) is 0.896. The lowest BCUT2D eigenvalue weighted by molar-refractivity contribution is 0.0674. The molecule has 2 saturated heterocycles. The van der Waals surface area contributed by atoms with Crippen LogP contribution in [0.3, 0.4) is 0 Å². The van der Waals surface area contributed by atoms with E-state index in [2.05, 4.69) is 10.7 Å². The summed E-state index contributed by atoms with van der Waals surface area (Å²) < 4.78 is 5.27. The Morgan fingerprint density at radius 3 is 2.43 bits per heavy atom. The summed E-state index contributed by atoms with van der Waals surface area (Å²) in [7, 11) is 0. The lowest BCUT2D eigenvalue weighted by atomic mass is 9.79. The topological polar surface area (TPSA) is 53.6 Å². The number of carbonyl (C=O) groups excluding carboxylic acids is 1. The minimum absolute atomic E-state index is 0.318. The molecule has 1 aromatic carbocycles. The molecule has 0 aromatic heterocycles. The third-order valence-electron chi connectivity index (χ3n) is 5.05. The SMILES string of the molecule is O=C(NN1CCC(C2CCNCC2)CC1)OCc1ccccc1. The molecule has 0 unspecified atom stereocenters. The van der Waals surface area contributed by atoms with E-state index in [4.69, 9.17) is 4.74 Å². The van der Waals surface area contributed by atoms with E-state index in [0.717, 1.165) is 43.6 Å². The molecular weight excluding hydrogens is 290 g/mol. The molecular formula is C18H27N3O2. The Balaban J connectivity index is 1.35. The number of ether oxygens (including phenoxy) is 1. The highest BCUT2D eigenvalue weighted by molar-refractivity contribution is 5.66. The standard InChI is InChI=1S/C18H27N3O2/c22-18(23-14-15-4-2-1-3-5-15)20-21-12-8-17(9-13-21)16-6-10-19-11-7-16/h1-5,16-17,19H,6-14H2,(H,20,22). The first-order chi connectivity index (χ1) is 11.3. The summed E-state index contributed by atoms with van der Waals surface area (Å²) in [6.07, 6.45) is 4.59. The third kappa shape index (κ3) is 4.94. The number of amides is 1. The number of hydrazine groups is 1. The van der Waals surface area contributed by atoms with Crippen LogP contribution in [0.5, 0.6) is 0 Å². The molecule has 23 heavy (non-hydrogen) atoms. The Labute approximate surface area is 138 Å². The molecule has 3 rings (SSSR count). The molecule has 0 aliphatic carbocycles. The monoisotopic (exact) mass is 317 g/mol. The molecule has 0 radical (unpaired) electrons. The number of carbonyl (C=O) groups is 1. The van der Waals surface area contributed by atoms with Gasteiger partial charge in [-0.2, -0.15) is 0 Å². The average Bonchev–Trinajstić information content (AvgIpc) is 2.62. The fourth-order valence-electron chi connectivity index (χ4n) is 3.68. The molecule has 1 aromatic rings. The van der Waals surface area contributed by atoms with Crippen LogP contribution in [0.25, 0.3) is 0 Å². The lowest BCUT2D eigenvalue weighted by Gasteiger charge is -2.37. The van der Waals surface area contributed by atoms with E-state index < -0.39 is 0 Å². The van der Waals surface area contributed by atoms with E-state index in [1.54, 1.807) is 0 Å². The van der Waals surface area contributed by atoms with Crippen molar-refractivity contribution in [2.24, 2.45) is 11.8 Å². The van der Waals surface area contributed by atoms with E-state index in [0.29, 0.717) is 6.61 Å². The minimum atomic E-state index is -0.353. The second-order valence-corrected chi connectivity index (χ2v) is 6.59. The van der Waals surface area contributed by atoms with Crippen molar-refractivity contribution >= 4 is 6.09 Å². The largest absolute Gasteiger partial charge is 0.444 e. The Bertz CT molecular complexity index is 480. The summed E-state index contributed by atoms with van der Waals surface area (Å²) in [5, 5.41) is 5.44. The third-order valence-corrected chi connectivity index (χ3v) is 5.05. The van der Waals surface area contributed by atoms with Gasteiger partial charge in [-0.25, -0.2) is 9.80 Å². The van der Waals surface area contributed by atoms with Gasteiger partial charge in [-0.15, -0.1) is 0 Å². The Morgan fingerprint density at radius 1 is 1.09 bits per heavy atom. The van der Waals surface area contributed by atoms with Crippen molar-refractivity contribution in [3.8, 4) is 0 Å². The smallest absolute Gasteiger partial charge is 0.422 e. The van der Waals surface area contributed by atoms with Crippen LogP contribution >= 0.6 is 0 Å². The second-order valence-electron chi connectivity index (χ2n) is 6.59. The van der Waals surface area contributed by atoms with Crippen molar-refractivity contribution in [1.29, 1.82) is 0 Å². The molecule has 0 bridgehead atoms. The highest BCUT2D eigenvalue weighted by Crippen LogP contribution is 2.30. The number of rotatable bonds is 4. The van der Waals surface area contributed by atoms with Crippen LogP contribution in [0.2, 0.25) is 0 Å². The van der Waals surface area contributed by atoms with Crippen LogP contribution in [-0.4, -0.2) is 37.3 Å². The van der Waals surface area contributed by atoms with Gasteiger partial charge in [0.05, 0.1) is 0 Å². The zero-order valence-corrected chi connectivity index (χ0v) is 13.7. The van der Waals surface area contributed by atoms with Crippen molar-refractivity contribution in [3.05, 3.63) is 35.9 Å². The maximum Gasteiger partial charge on any atom is 0.422 e. The highest BCUT2D eigenvalue weighted by Gasteiger charge is 2.28. The highest BCUT2D eigenvalue weighted by atomic mass is 16.6. The van der Waals surface area contributed by atoms with Crippen LogP contribution in [-0.2, 0) is 11.3 Å². The summed E-state index contributed by atoms with van der Waals surface area (Å²) in [4.78, 5) is 11.9. The van der Waals surface area contributed by atoms with Crippen LogP contribution in [0.15, 0.2) is 30.3 Å². The molecule has 2 N–H and O–H groups in total. The number of hydrogen-bond donors (Lipinski definition) is 2. The fraction of sp³-hybridized carbons (Fsp3) is 0.611. The number of nitrogens with one attached hydrogen (secondary N) is 2. The average molecular weight is 317 g/mol. The molecule has 0 atom stereocenters. The van der Waals surface area contributed by atoms with Gasteiger partial charge in [0.25, 0.3) is 0 Å². The van der Waals surface area contributed by atoms with Gasteiger partial charge in [-0.1, -0.05) is 30.3 Å². The predicted octanol–water partition coefficient (Wildman–Crippen LogP) is 2.54. The van der Waals surface area contributed by atoms with E-state index in [1.807, 2.05) is 35.3 Å². The molecule has 5 nitrogen and oxygen atoms in total. The van der Waals surface area contributed by atoms with Gasteiger partial charge in [0.1, 0.15) is 6.61 Å². The zero-order valence-electron chi connectivity index (χ0n) is 13.7. The fourth-order valence-corrected chi connectivity index (χ4v) is 3.68. The van der Waals surface area contributed by atoms with Gasteiger partial charge in [0, 0.05) is 13.1 Å². The molecule has 126 valence electrons. The number of piperidine rings is 2. The summed E-state index contributed by atoms with van der Waals surface area (Å²) >= 11 is 0. The minimum Gasteiger partial charge on any atom is -0.444 e. The molecule has 2 heterocycles. The van der Waals surface area contributed by atoms with E-state index >= 15 is 0 Å². The van der Waals surface area contributed by atoms with E-state index in [1.165, 1.54) is 25.7 Å². The first kappa shape index (κ1) is 16.3. The Hall–Kier alpha value is -1.59. The van der Waals surface area contributed by atoms with Crippen LogP contribution < -0.4 is 10.7 Å². The van der Waals surface area contributed by atoms with Gasteiger partial charge in [0.15, 0.2) is 0 Å². The second kappa shape index (κ2) is 8.31.